The highest BCUT2D eigenvalue weighted by Crippen LogP contribution is 2.27. The van der Waals surface area contributed by atoms with E-state index in [9.17, 15) is 13.2 Å². The number of carbonyl (C=O) groups is 1. The fourth-order valence-corrected chi connectivity index (χ4v) is 6.37. The Morgan fingerprint density at radius 3 is 2.77 bits per heavy atom. The molecule has 30 heavy (non-hydrogen) atoms. The number of H-pyrrole nitrogens is 1. The number of piperazine rings is 1. The topological polar surface area (TPSA) is 95.6 Å². The van der Waals surface area contributed by atoms with Crippen LogP contribution in [0.15, 0.2) is 29.3 Å². The first-order valence-electron chi connectivity index (χ1n) is 9.56. The third kappa shape index (κ3) is 3.52. The van der Waals surface area contributed by atoms with Crippen LogP contribution in [0, 0.1) is 0 Å². The molecule has 0 atom stereocenters. The van der Waals surface area contributed by atoms with E-state index in [1.54, 1.807) is 29.2 Å². The number of hydrogen-bond donors (Lipinski definition) is 1. The number of aromatic amines is 1. The molecule has 5 rings (SSSR count). The van der Waals surface area contributed by atoms with Gasteiger partial charge in [0.2, 0.25) is 0 Å². The first-order valence-corrected chi connectivity index (χ1v) is 12.2. The Morgan fingerprint density at radius 2 is 2.00 bits per heavy atom. The van der Waals surface area contributed by atoms with Crippen molar-refractivity contribution in [1.29, 1.82) is 0 Å². The molecule has 0 unspecified atom stereocenters. The SMILES string of the molecule is O=C(c1nc2c(s1)COCC2)N1CCN(S(=O)(=O)c2cc3cc(Cl)ccc3[nH]2)CC1. The molecule has 1 saturated heterocycles. The lowest BCUT2D eigenvalue weighted by Crippen LogP contribution is -2.50. The lowest BCUT2D eigenvalue weighted by molar-refractivity contribution is 0.0697. The number of halogens is 1. The maximum absolute atomic E-state index is 13.1. The van der Waals surface area contributed by atoms with E-state index < -0.39 is 10.0 Å². The normalized spacial score (nSPS) is 18.0. The average molecular weight is 467 g/mol. The highest BCUT2D eigenvalue weighted by molar-refractivity contribution is 7.89. The van der Waals surface area contributed by atoms with Gasteiger partial charge in [0.25, 0.3) is 15.9 Å². The summed E-state index contributed by atoms with van der Waals surface area (Å²) in [6.07, 6.45) is 0.723. The Hall–Kier alpha value is -1.98. The maximum Gasteiger partial charge on any atom is 0.282 e. The first-order chi connectivity index (χ1) is 14.4. The van der Waals surface area contributed by atoms with Gasteiger partial charge in [0.15, 0.2) is 5.01 Å². The van der Waals surface area contributed by atoms with Crippen LogP contribution in [0.2, 0.25) is 5.02 Å². The second-order valence-corrected chi connectivity index (χ2v) is 10.7. The Kier molecular flexibility index (Phi) is 5.06. The van der Waals surface area contributed by atoms with Gasteiger partial charge in [-0.2, -0.15) is 4.31 Å². The molecule has 4 heterocycles. The average Bonchev–Trinajstić information content (AvgIpc) is 3.37. The van der Waals surface area contributed by atoms with Gasteiger partial charge in [-0.3, -0.25) is 4.79 Å². The van der Waals surface area contributed by atoms with E-state index in [1.807, 2.05) is 0 Å². The van der Waals surface area contributed by atoms with Gasteiger partial charge < -0.3 is 14.6 Å². The number of nitrogens with zero attached hydrogens (tertiary/aromatic N) is 3. The van der Waals surface area contributed by atoms with Crippen molar-refractivity contribution in [2.75, 3.05) is 32.8 Å². The van der Waals surface area contributed by atoms with Crippen molar-refractivity contribution >= 4 is 49.8 Å². The molecule has 0 spiro atoms. The Morgan fingerprint density at radius 1 is 1.20 bits per heavy atom. The molecule has 1 amide bonds. The molecule has 3 aromatic rings. The summed E-state index contributed by atoms with van der Waals surface area (Å²) in [5, 5.41) is 1.88. The van der Waals surface area contributed by atoms with Crippen molar-refractivity contribution < 1.29 is 17.9 Å². The number of sulfonamides is 1. The second kappa shape index (κ2) is 7.61. The quantitative estimate of drug-likeness (QED) is 0.639. The summed E-state index contributed by atoms with van der Waals surface area (Å²) in [6, 6.07) is 6.79. The fourth-order valence-electron chi connectivity index (χ4n) is 3.74. The number of rotatable bonds is 3. The lowest BCUT2D eigenvalue weighted by Gasteiger charge is -2.33. The van der Waals surface area contributed by atoms with E-state index in [1.165, 1.54) is 15.6 Å². The van der Waals surface area contributed by atoms with Gasteiger partial charge in [-0.25, -0.2) is 13.4 Å². The van der Waals surface area contributed by atoms with Gasteiger partial charge in [0, 0.05) is 48.5 Å². The molecule has 2 aliphatic heterocycles. The maximum atomic E-state index is 13.1. The summed E-state index contributed by atoms with van der Waals surface area (Å²) in [5.74, 6) is -0.147. The van der Waals surface area contributed by atoms with Gasteiger partial charge in [-0.1, -0.05) is 11.6 Å². The van der Waals surface area contributed by atoms with Crippen molar-refractivity contribution in [3.8, 4) is 0 Å². The predicted octanol–water partition coefficient (Wildman–Crippen LogP) is 2.50. The van der Waals surface area contributed by atoms with Gasteiger partial charge in [0.1, 0.15) is 5.03 Å². The number of aromatic nitrogens is 2. The molecule has 1 aromatic carbocycles. The largest absolute Gasteiger partial charge is 0.375 e. The van der Waals surface area contributed by atoms with Crippen molar-refractivity contribution in [2.45, 2.75) is 18.1 Å². The van der Waals surface area contributed by atoms with Crippen LogP contribution in [-0.2, 0) is 27.8 Å². The molecule has 0 saturated carbocycles. The van der Waals surface area contributed by atoms with Crippen molar-refractivity contribution in [1.82, 2.24) is 19.2 Å². The molecule has 1 N–H and O–H groups in total. The molecule has 0 aliphatic carbocycles. The number of ether oxygens (including phenoxy) is 1. The van der Waals surface area contributed by atoms with Crippen LogP contribution in [0.5, 0.6) is 0 Å². The second-order valence-electron chi connectivity index (χ2n) is 7.25. The molecule has 2 aromatic heterocycles. The molecule has 11 heteroatoms. The first kappa shape index (κ1) is 20.0. The molecular weight excluding hydrogens is 448 g/mol. The molecule has 0 radical (unpaired) electrons. The highest BCUT2D eigenvalue weighted by atomic mass is 35.5. The Bertz CT molecular complexity index is 1210. The summed E-state index contributed by atoms with van der Waals surface area (Å²) in [6.45, 7) is 2.25. The molecule has 2 aliphatic rings. The molecular formula is C19H19ClN4O4S2. The third-order valence-corrected chi connectivity index (χ3v) is 8.49. The smallest absolute Gasteiger partial charge is 0.282 e. The van der Waals surface area contributed by atoms with Crippen LogP contribution in [0.3, 0.4) is 0 Å². The zero-order valence-corrected chi connectivity index (χ0v) is 18.3. The van der Waals surface area contributed by atoms with E-state index in [2.05, 4.69) is 9.97 Å². The lowest BCUT2D eigenvalue weighted by atomic mass is 10.2. The van der Waals surface area contributed by atoms with Crippen molar-refractivity contribution in [2.24, 2.45) is 0 Å². The minimum Gasteiger partial charge on any atom is -0.375 e. The molecule has 158 valence electrons. The summed E-state index contributed by atoms with van der Waals surface area (Å²) >= 11 is 7.37. The van der Waals surface area contributed by atoms with E-state index in [-0.39, 0.29) is 24.0 Å². The number of benzene rings is 1. The Labute approximate surface area is 182 Å². The van der Waals surface area contributed by atoms with Crippen LogP contribution in [0.4, 0.5) is 0 Å². The van der Waals surface area contributed by atoms with E-state index in [4.69, 9.17) is 16.3 Å². The minimum atomic E-state index is -3.69. The number of fused-ring (bicyclic) bond motifs is 2. The number of thiazole rings is 1. The summed E-state index contributed by atoms with van der Waals surface area (Å²) in [4.78, 5) is 22.9. The minimum absolute atomic E-state index is 0.132. The van der Waals surface area contributed by atoms with Gasteiger partial charge >= 0.3 is 0 Å². The van der Waals surface area contributed by atoms with Crippen LogP contribution < -0.4 is 0 Å². The molecule has 8 nitrogen and oxygen atoms in total. The van der Waals surface area contributed by atoms with E-state index >= 15 is 0 Å². The number of nitrogens with one attached hydrogen (secondary N) is 1. The van der Waals surface area contributed by atoms with Crippen LogP contribution in [-0.4, -0.2) is 66.3 Å². The van der Waals surface area contributed by atoms with Gasteiger partial charge in [-0.15, -0.1) is 11.3 Å². The van der Waals surface area contributed by atoms with Crippen LogP contribution in [0.1, 0.15) is 20.4 Å². The van der Waals surface area contributed by atoms with Gasteiger partial charge in [0.05, 0.1) is 23.8 Å². The Balaban J connectivity index is 1.29. The monoisotopic (exact) mass is 466 g/mol. The molecule has 1 fully saturated rings. The summed E-state index contributed by atoms with van der Waals surface area (Å²) < 4.78 is 32.9. The number of carbonyl (C=O) groups excluding carboxylic acids is 1. The predicted molar refractivity (Wildman–Crippen MR) is 113 cm³/mol. The number of hydrogen-bond acceptors (Lipinski definition) is 6. The third-order valence-electron chi connectivity index (χ3n) is 5.38. The highest BCUT2D eigenvalue weighted by Gasteiger charge is 2.32. The van der Waals surface area contributed by atoms with Crippen LogP contribution in [0.25, 0.3) is 10.9 Å². The zero-order chi connectivity index (χ0) is 20.9. The van der Waals surface area contributed by atoms with Crippen LogP contribution >= 0.6 is 22.9 Å². The fraction of sp³-hybridized carbons (Fsp3) is 0.368. The van der Waals surface area contributed by atoms with E-state index in [0.717, 1.165) is 22.4 Å². The van der Waals surface area contributed by atoms with Crippen molar-refractivity contribution in [3.05, 3.63) is 44.9 Å². The summed E-state index contributed by atoms with van der Waals surface area (Å²) in [5.41, 5.74) is 1.65. The zero-order valence-electron chi connectivity index (χ0n) is 15.9. The van der Waals surface area contributed by atoms with Gasteiger partial charge in [-0.05, 0) is 24.3 Å². The summed E-state index contributed by atoms with van der Waals surface area (Å²) in [7, 11) is -3.69. The molecule has 0 bridgehead atoms. The van der Waals surface area contributed by atoms with Crippen molar-refractivity contribution in [3.63, 3.8) is 0 Å². The number of amides is 1. The standard InChI is InChI=1S/C19H19ClN4O4S2/c20-13-1-2-14-12(9-13)10-17(21-14)30(26,27)24-6-4-23(5-7-24)19(25)18-22-15-3-8-28-11-16(15)29-18/h1-2,9-10,21H,3-8,11H2. The van der Waals surface area contributed by atoms with E-state index in [0.29, 0.717) is 41.9 Å².